The van der Waals surface area contributed by atoms with E-state index >= 15 is 0 Å². The molecule has 0 bridgehead atoms. The number of hydrogen-bond acceptors (Lipinski definition) is 1. The molecule has 5 heteroatoms. The molecule has 0 spiro atoms. The summed E-state index contributed by atoms with van der Waals surface area (Å²) in [6.45, 7) is -4.16. The summed E-state index contributed by atoms with van der Waals surface area (Å²) in [6.07, 6.45) is 1.07. The molecule has 0 saturated carbocycles. The lowest BCUT2D eigenvalue weighted by molar-refractivity contribution is 0.0240. The van der Waals surface area contributed by atoms with Gasteiger partial charge in [0.05, 0.1) is 0 Å². The summed E-state index contributed by atoms with van der Waals surface area (Å²) in [4.78, 5) is 0. The van der Waals surface area contributed by atoms with E-state index in [9.17, 15) is 12.9 Å². The third-order valence-corrected chi connectivity index (χ3v) is 1.80. The van der Waals surface area contributed by atoms with Crippen molar-refractivity contribution in [2.45, 2.75) is 31.7 Å². The minimum atomic E-state index is -4.65. The molecule has 0 amide bonds. The van der Waals surface area contributed by atoms with E-state index in [2.05, 4.69) is 0 Å². The third kappa shape index (κ3) is 3.65. The zero-order chi connectivity index (χ0) is 8.32. The van der Waals surface area contributed by atoms with E-state index in [0.717, 1.165) is 12.8 Å². The fourth-order valence-electron chi connectivity index (χ4n) is 1.29. The Kier molecular flexibility index (Phi) is 2.81. The first-order valence-corrected chi connectivity index (χ1v) is 3.90. The summed E-state index contributed by atoms with van der Waals surface area (Å²) in [5.41, 5.74) is 0. The minimum Gasteiger partial charge on any atom is -0.449 e. The maximum Gasteiger partial charge on any atom is 0.480 e. The minimum absolute atomic E-state index is 0.497. The Morgan fingerprint density at radius 3 is 2.45 bits per heavy atom. The van der Waals surface area contributed by atoms with Crippen LogP contribution in [0.4, 0.5) is 12.9 Å². The van der Waals surface area contributed by atoms with E-state index in [0.29, 0.717) is 13.0 Å². The second kappa shape index (κ2) is 3.47. The lowest BCUT2D eigenvalue weighted by atomic mass is 9.81. The molecule has 1 saturated heterocycles. The van der Waals surface area contributed by atoms with Crippen LogP contribution in [0.2, 0.25) is 6.32 Å². The van der Waals surface area contributed by atoms with Crippen LogP contribution in [-0.2, 0) is 4.74 Å². The van der Waals surface area contributed by atoms with Crippen LogP contribution in [0.3, 0.4) is 0 Å². The normalized spacial score (nSPS) is 27.0. The maximum atomic E-state index is 11.8. The molecule has 1 rings (SSSR count). The van der Waals surface area contributed by atoms with Crippen molar-refractivity contribution in [2.75, 3.05) is 6.61 Å². The van der Waals surface area contributed by atoms with Crippen molar-refractivity contribution in [1.29, 1.82) is 0 Å². The summed E-state index contributed by atoms with van der Waals surface area (Å²) in [5.74, 6) is 0. The lowest BCUT2D eigenvalue weighted by Gasteiger charge is -2.26. The van der Waals surface area contributed by atoms with Gasteiger partial charge in [0.25, 0.3) is 0 Å². The average molecular weight is 167 g/mol. The van der Waals surface area contributed by atoms with Gasteiger partial charge in [0, 0.05) is 12.7 Å². The zero-order valence-electron chi connectivity index (χ0n) is 6.23. The van der Waals surface area contributed by atoms with Crippen molar-refractivity contribution < 1.29 is 17.7 Å². The van der Waals surface area contributed by atoms with Gasteiger partial charge in [0.1, 0.15) is 0 Å². The molecule has 0 unspecified atom stereocenters. The van der Waals surface area contributed by atoms with Crippen molar-refractivity contribution in [3.63, 3.8) is 0 Å². The van der Waals surface area contributed by atoms with Gasteiger partial charge in [-0.3, -0.25) is 0 Å². The van der Waals surface area contributed by atoms with Crippen molar-refractivity contribution in [1.82, 2.24) is 0 Å². The molecule has 0 aliphatic carbocycles. The summed E-state index contributed by atoms with van der Waals surface area (Å²) in [5, 5.41) is 0. The molecule has 0 N–H and O–H groups in total. The molecule has 1 aliphatic rings. The third-order valence-electron chi connectivity index (χ3n) is 1.80. The van der Waals surface area contributed by atoms with Gasteiger partial charge in [0.2, 0.25) is 0 Å². The summed E-state index contributed by atoms with van der Waals surface area (Å²) in [6, 6.07) is 0. The topological polar surface area (TPSA) is 9.23 Å². The monoisotopic (exact) mass is 167 g/mol. The highest BCUT2D eigenvalue weighted by atomic mass is 19.4. The smallest absolute Gasteiger partial charge is 0.449 e. The van der Waals surface area contributed by atoms with Gasteiger partial charge in [0.15, 0.2) is 0 Å². The van der Waals surface area contributed by atoms with Gasteiger partial charge in [-0.2, -0.15) is 0 Å². The van der Waals surface area contributed by atoms with Crippen LogP contribution in [0, 0.1) is 0 Å². The Morgan fingerprint density at radius 1 is 1.27 bits per heavy atom. The largest absolute Gasteiger partial charge is 0.480 e. The van der Waals surface area contributed by atoms with Crippen LogP contribution in [0.1, 0.15) is 19.3 Å². The Labute approximate surface area is 64.0 Å². The summed E-state index contributed by atoms with van der Waals surface area (Å²) in [7, 11) is 0. The maximum absolute atomic E-state index is 11.8. The highest BCUT2D eigenvalue weighted by molar-refractivity contribution is 6.58. The van der Waals surface area contributed by atoms with Crippen LogP contribution in [0.15, 0.2) is 0 Å². The van der Waals surface area contributed by atoms with E-state index in [1.54, 1.807) is 0 Å². The Balaban J connectivity index is 2.24. The van der Waals surface area contributed by atoms with Crippen molar-refractivity contribution in [3.05, 3.63) is 0 Å². The van der Waals surface area contributed by atoms with Gasteiger partial charge in [-0.15, -0.1) is 0 Å². The van der Waals surface area contributed by atoms with Crippen molar-refractivity contribution in [3.8, 4) is 0 Å². The van der Waals surface area contributed by atoms with Gasteiger partial charge >= 0.3 is 6.98 Å². The molecule has 66 valence electrons. The van der Waals surface area contributed by atoms with E-state index in [1.807, 2.05) is 0 Å². The van der Waals surface area contributed by atoms with Crippen LogP contribution < -0.4 is 0 Å². The molecule has 1 atom stereocenters. The van der Waals surface area contributed by atoms with E-state index in [1.165, 1.54) is 0 Å². The molecule has 1 heterocycles. The Hall–Kier alpha value is -0.185. The first kappa shape index (κ1) is 8.91. The molecule has 0 aromatic heterocycles. The molecule has 0 aromatic carbocycles. The van der Waals surface area contributed by atoms with Crippen LogP contribution in [-0.4, -0.2) is 19.7 Å². The Morgan fingerprint density at radius 2 is 2.00 bits per heavy atom. The lowest BCUT2D eigenvalue weighted by Crippen LogP contribution is -2.28. The second-order valence-electron chi connectivity index (χ2n) is 2.93. The van der Waals surface area contributed by atoms with E-state index in [-0.39, 0.29) is 0 Å². The number of hydrogen-bond donors (Lipinski definition) is 0. The van der Waals surface area contributed by atoms with E-state index < -0.39 is 19.4 Å². The quantitative estimate of drug-likeness (QED) is 0.573. The van der Waals surface area contributed by atoms with Crippen molar-refractivity contribution >= 4 is 6.98 Å². The first-order valence-electron chi connectivity index (χ1n) is 3.90. The molecule has 1 nitrogen and oxygen atoms in total. The average Bonchev–Trinajstić information content (AvgIpc) is 1.85. The number of rotatable bonds is 2. The highest BCUT2D eigenvalue weighted by Gasteiger charge is 2.28. The van der Waals surface area contributed by atoms with Crippen molar-refractivity contribution in [2.24, 2.45) is 0 Å². The SMILES string of the molecule is F[B-](F)(F)C[C@H]1CCCCO1. The van der Waals surface area contributed by atoms with Gasteiger partial charge in [-0.25, -0.2) is 0 Å². The highest BCUT2D eigenvalue weighted by Crippen LogP contribution is 2.24. The Bertz CT molecular complexity index is 119. The summed E-state index contributed by atoms with van der Waals surface area (Å²) < 4.78 is 40.4. The van der Waals surface area contributed by atoms with Crippen LogP contribution in [0.5, 0.6) is 0 Å². The second-order valence-corrected chi connectivity index (χ2v) is 2.93. The fourth-order valence-corrected chi connectivity index (χ4v) is 1.29. The molecule has 0 aromatic rings. The molecule has 11 heavy (non-hydrogen) atoms. The van der Waals surface area contributed by atoms with E-state index in [4.69, 9.17) is 4.74 Å². The standard InChI is InChI=1S/C6H11BF3O/c8-7(9,10)5-6-3-1-2-4-11-6/h6H,1-5H2/q-1/t6-/m1/s1. The molecule has 1 aliphatic heterocycles. The zero-order valence-corrected chi connectivity index (χ0v) is 6.23. The van der Waals surface area contributed by atoms with Crippen LogP contribution in [0.25, 0.3) is 0 Å². The number of ether oxygens (including phenoxy) is 1. The predicted molar refractivity (Wildman–Crippen MR) is 37.5 cm³/mol. The molecular weight excluding hydrogens is 156 g/mol. The van der Waals surface area contributed by atoms with Gasteiger partial charge < -0.3 is 17.7 Å². The van der Waals surface area contributed by atoms with Gasteiger partial charge in [-0.1, -0.05) is 6.32 Å². The first-order chi connectivity index (χ1) is 5.08. The number of halogens is 3. The fraction of sp³-hybridized carbons (Fsp3) is 1.00. The van der Waals surface area contributed by atoms with Gasteiger partial charge in [-0.05, 0) is 19.3 Å². The predicted octanol–water partition coefficient (Wildman–Crippen LogP) is 2.40. The van der Waals surface area contributed by atoms with Crippen LogP contribution >= 0.6 is 0 Å². The molecule has 1 fully saturated rings. The molecule has 0 radical (unpaired) electrons. The summed E-state index contributed by atoms with van der Waals surface area (Å²) >= 11 is 0. The molecular formula is C6H11BF3O-.